The van der Waals surface area contributed by atoms with Gasteiger partial charge in [0.15, 0.2) is 0 Å². The number of nitrogens with zero attached hydrogens (tertiary/aromatic N) is 1. The quantitative estimate of drug-likeness (QED) is 0.776. The first-order chi connectivity index (χ1) is 7.64. The van der Waals surface area contributed by atoms with Crippen LogP contribution in [0.4, 0.5) is 0 Å². The van der Waals surface area contributed by atoms with Crippen LogP contribution in [0, 0.1) is 0 Å². The summed E-state index contributed by atoms with van der Waals surface area (Å²) in [6, 6.07) is 1.64. The van der Waals surface area contributed by atoms with Crippen molar-refractivity contribution in [2.24, 2.45) is 0 Å². The number of hydrogen-bond donors (Lipinski definition) is 1. The lowest BCUT2D eigenvalue weighted by atomic mass is 9.97. The second kappa shape index (κ2) is 5.05. The van der Waals surface area contributed by atoms with Crippen molar-refractivity contribution in [2.45, 2.75) is 76.9 Å². The molecule has 1 N–H and O–H groups in total. The van der Waals surface area contributed by atoms with E-state index in [2.05, 4.69) is 31.0 Å². The minimum Gasteiger partial charge on any atom is -0.310 e. The molecule has 1 saturated carbocycles. The first kappa shape index (κ1) is 12.4. The topological polar surface area (TPSA) is 15.3 Å². The van der Waals surface area contributed by atoms with Crippen molar-refractivity contribution in [3.05, 3.63) is 0 Å². The van der Waals surface area contributed by atoms with Gasteiger partial charge in [0, 0.05) is 24.2 Å². The van der Waals surface area contributed by atoms with E-state index in [0.29, 0.717) is 5.54 Å². The lowest BCUT2D eigenvalue weighted by molar-refractivity contribution is 0.118. The second-order valence-corrected chi connectivity index (χ2v) is 6.09. The van der Waals surface area contributed by atoms with Crippen LogP contribution in [0.25, 0.3) is 0 Å². The highest BCUT2D eigenvalue weighted by molar-refractivity contribution is 4.93. The van der Waals surface area contributed by atoms with E-state index in [0.717, 1.165) is 12.1 Å². The van der Waals surface area contributed by atoms with Crippen LogP contribution in [0.15, 0.2) is 0 Å². The third-order valence-electron chi connectivity index (χ3n) is 4.79. The number of rotatable bonds is 2. The van der Waals surface area contributed by atoms with Crippen molar-refractivity contribution >= 4 is 0 Å². The molecule has 2 unspecified atom stereocenters. The monoisotopic (exact) mass is 224 g/mol. The molecule has 2 aliphatic rings. The molecule has 2 rings (SSSR count). The smallest absolute Gasteiger partial charge is 0.0278 e. The molecule has 0 aromatic heterocycles. The van der Waals surface area contributed by atoms with E-state index in [4.69, 9.17) is 0 Å². The maximum Gasteiger partial charge on any atom is 0.0278 e. The molecule has 16 heavy (non-hydrogen) atoms. The van der Waals surface area contributed by atoms with Crippen LogP contribution in [-0.2, 0) is 0 Å². The molecule has 0 radical (unpaired) electrons. The normalized spacial score (nSPS) is 38.8. The Hall–Kier alpha value is -0.0800. The fourth-order valence-corrected chi connectivity index (χ4v) is 3.33. The van der Waals surface area contributed by atoms with Gasteiger partial charge in [0.1, 0.15) is 0 Å². The van der Waals surface area contributed by atoms with E-state index in [1.165, 1.54) is 51.6 Å². The van der Waals surface area contributed by atoms with Gasteiger partial charge in [-0.3, -0.25) is 4.90 Å². The maximum atomic E-state index is 3.75. The summed E-state index contributed by atoms with van der Waals surface area (Å²) < 4.78 is 0. The Morgan fingerprint density at radius 3 is 2.56 bits per heavy atom. The van der Waals surface area contributed by atoms with Crippen LogP contribution < -0.4 is 5.32 Å². The number of nitrogens with one attached hydrogen (secondary N) is 1. The average Bonchev–Trinajstić information content (AvgIpc) is 2.74. The Kier molecular flexibility index (Phi) is 3.91. The molecule has 0 aromatic rings. The van der Waals surface area contributed by atoms with E-state index >= 15 is 0 Å². The molecule has 1 aliphatic heterocycles. The average molecular weight is 224 g/mol. The van der Waals surface area contributed by atoms with Gasteiger partial charge in [0.25, 0.3) is 0 Å². The summed E-state index contributed by atoms with van der Waals surface area (Å²) >= 11 is 0. The van der Waals surface area contributed by atoms with Gasteiger partial charge in [-0.05, 0) is 46.1 Å². The molecule has 1 aliphatic carbocycles. The van der Waals surface area contributed by atoms with Crippen molar-refractivity contribution in [1.29, 1.82) is 0 Å². The van der Waals surface area contributed by atoms with Crippen molar-refractivity contribution in [2.75, 3.05) is 13.1 Å². The van der Waals surface area contributed by atoms with Gasteiger partial charge in [-0.15, -0.1) is 0 Å². The van der Waals surface area contributed by atoms with Crippen LogP contribution in [0.1, 0.15) is 59.3 Å². The molecule has 94 valence electrons. The van der Waals surface area contributed by atoms with Crippen LogP contribution in [0.5, 0.6) is 0 Å². The predicted octanol–water partition coefficient (Wildman–Crippen LogP) is 2.78. The largest absolute Gasteiger partial charge is 0.310 e. The van der Waals surface area contributed by atoms with E-state index in [-0.39, 0.29) is 0 Å². The van der Waals surface area contributed by atoms with Crippen LogP contribution in [0.3, 0.4) is 0 Å². The highest BCUT2D eigenvalue weighted by Gasteiger charge is 2.34. The van der Waals surface area contributed by atoms with Crippen LogP contribution in [-0.4, -0.2) is 35.6 Å². The van der Waals surface area contributed by atoms with Gasteiger partial charge in [0.2, 0.25) is 0 Å². The SMILES string of the molecule is CCC1(C)CN(C2CCCC2)C(C)CCN1. The Morgan fingerprint density at radius 2 is 1.94 bits per heavy atom. The van der Waals surface area contributed by atoms with E-state index in [9.17, 15) is 0 Å². The fourth-order valence-electron chi connectivity index (χ4n) is 3.33. The fraction of sp³-hybridized carbons (Fsp3) is 1.00. The van der Waals surface area contributed by atoms with Gasteiger partial charge < -0.3 is 5.32 Å². The highest BCUT2D eigenvalue weighted by atomic mass is 15.2. The molecule has 2 fully saturated rings. The molecule has 0 aromatic carbocycles. The summed E-state index contributed by atoms with van der Waals surface area (Å²) in [5.41, 5.74) is 0.341. The van der Waals surface area contributed by atoms with Gasteiger partial charge in [-0.1, -0.05) is 19.8 Å². The molecule has 2 nitrogen and oxygen atoms in total. The Morgan fingerprint density at radius 1 is 1.25 bits per heavy atom. The van der Waals surface area contributed by atoms with Crippen molar-refractivity contribution in [3.63, 3.8) is 0 Å². The van der Waals surface area contributed by atoms with Gasteiger partial charge in [-0.2, -0.15) is 0 Å². The minimum absolute atomic E-state index is 0.341. The van der Waals surface area contributed by atoms with Crippen LogP contribution in [0.2, 0.25) is 0 Å². The van der Waals surface area contributed by atoms with E-state index < -0.39 is 0 Å². The first-order valence-electron chi connectivity index (χ1n) is 7.15. The Bertz CT molecular complexity index is 223. The molecule has 0 spiro atoms. The Labute approximate surface area is 101 Å². The summed E-state index contributed by atoms with van der Waals surface area (Å²) in [5, 5.41) is 3.75. The van der Waals surface area contributed by atoms with Gasteiger partial charge in [0.05, 0.1) is 0 Å². The van der Waals surface area contributed by atoms with Crippen molar-refractivity contribution < 1.29 is 0 Å². The third-order valence-corrected chi connectivity index (χ3v) is 4.79. The zero-order chi connectivity index (χ0) is 11.6. The predicted molar refractivity (Wildman–Crippen MR) is 69.7 cm³/mol. The molecular weight excluding hydrogens is 196 g/mol. The molecular formula is C14H28N2. The Balaban J connectivity index is 2.06. The molecule has 1 heterocycles. The molecule has 1 saturated heterocycles. The molecule has 0 amide bonds. The zero-order valence-electron chi connectivity index (χ0n) is 11.3. The highest BCUT2D eigenvalue weighted by Crippen LogP contribution is 2.29. The number of hydrogen-bond acceptors (Lipinski definition) is 2. The van der Waals surface area contributed by atoms with E-state index in [1.54, 1.807) is 0 Å². The molecule has 0 bridgehead atoms. The van der Waals surface area contributed by atoms with Crippen molar-refractivity contribution in [3.8, 4) is 0 Å². The summed E-state index contributed by atoms with van der Waals surface area (Å²) in [5.74, 6) is 0. The second-order valence-electron chi connectivity index (χ2n) is 6.09. The van der Waals surface area contributed by atoms with Gasteiger partial charge >= 0.3 is 0 Å². The van der Waals surface area contributed by atoms with Crippen LogP contribution >= 0.6 is 0 Å². The third kappa shape index (κ3) is 2.60. The standard InChI is InChI=1S/C14H28N2/c1-4-14(3)11-16(12(2)9-10-15-14)13-7-5-6-8-13/h12-13,15H,4-11H2,1-3H3. The lowest BCUT2D eigenvalue weighted by Gasteiger charge is -2.38. The van der Waals surface area contributed by atoms with Crippen molar-refractivity contribution in [1.82, 2.24) is 10.2 Å². The minimum atomic E-state index is 0.341. The molecule has 2 heteroatoms. The van der Waals surface area contributed by atoms with E-state index in [1.807, 2.05) is 0 Å². The summed E-state index contributed by atoms with van der Waals surface area (Å²) in [6.07, 6.45) is 8.32. The summed E-state index contributed by atoms with van der Waals surface area (Å²) in [4.78, 5) is 2.80. The summed E-state index contributed by atoms with van der Waals surface area (Å²) in [7, 11) is 0. The molecule has 2 atom stereocenters. The summed E-state index contributed by atoms with van der Waals surface area (Å²) in [6.45, 7) is 9.56. The van der Waals surface area contributed by atoms with Gasteiger partial charge in [-0.25, -0.2) is 0 Å². The zero-order valence-corrected chi connectivity index (χ0v) is 11.3. The maximum absolute atomic E-state index is 3.75. The first-order valence-corrected chi connectivity index (χ1v) is 7.15. The lowest BCUT2D eigenvalue weighted by Crippen LogP contribution is -2.51.